The molecule has 1 aromatic heterocycles. The normalized spacial score (nSPS) is 11.4. The van der Waals surface area contributed by atoms with Crippen LogP contribution in [0.25, 0.3) is 0 Å². The van der Waals surface area contributed by atoms with Crippen LogP contribution in [0.2, 0.25) is 5.15 Å². The third-order valence-corrected chi connectivity index (χ3v) is 2.71. The molecule has 1 heterocycles. The number of aromatic amines is 1. The van der Waals surface area contributed by atoms with Crippen molar-refractivity contribution in [3.8, 4) is 0 Å². The molecule has 0 unspecified atom stereocenters. The highest BCUT2D eigenvalue weighted by molar-refractivity contribution is 6.30. The number of aromatic nitrogens is 2. The Morgan fingerprint density at radius 2 is 2.15 bits per heavy atom. The summed E-state index contributed by atoms with van der Waals surface area (Å²) in [5.41, 5.74) is 5.43. The van der Waals surface area contributed by atoms with Gasteiger partial charge in [-0.1, -0.05) is 24.9 Å². The third kappa shape index (κ3) is 6.25. The van der Waals surface area contributed by atoms with E-state index in [0.29, 0.717) is 11.7 Å². The molecule has 7 heteroatoms. The van der Waals surface area contributed by atoms with Crippen molar-refractivity contribution in [1.29, 1.82) is 0 Å². The van der Waals surface area contributed by atoms with E-state index in [9.17, 15) is 4.79 Å². The van der Waals surface area contributed by atoms with Crippen molar-refractivity contribution in [2.24, 2.45) is 0 Å². The number of rotatable bonds is 6. The first-order valence-corrected chi connectivity index (χ1v) is 7.14. The summed E-state index contributed by atoms with van der Waals surface area (Å²) in [7, 11) is 0. The molecule has 0 atom stereocenters. The number of imidazole rings is 1. The van der Waals surface area contributed by atoms with E-state index in [0.717, 1.165) is 30.8 Å². The molecule has 0 radical (unpaired) electrons. The number of hydrogen-bond acceptors (Lipinski definition) is 4. The highest BCUT2D eigenvalue weighted by Gasteiger charge is 2.16. The molecule has 3 N–H and O–H groups in total. The van der Waals surface area contributed by atoms with Gasteiger partial charge >= 0.3 is 6.09 Å². The van der Waals surface area contributed by atoms with Gasteiger partial charge < -0.3 is 9.72 Å². The van der Waals surface area contributed by atoms with Gasteiger partial charge in [0.15, 0.2) is 5.15 Å². The molecule has 0 aliphatic heterocycles. The van der Waals surface area contributed by atoms with Gasteiger partial charge in [0, 0.05) is 6.42 Å². The fraction of sp³-hybridized carbons (Fsp3) is 0.692. The van der Waals surface area contributed by atoms with E-state index < -0.39 is 11.7 Å². The molecule has 0 aromatic carbocycles. The molecule has 20 heavy (non-hydrogen) atoms. The molecule has 0 spiro atoms. The Morgan fingerprint density at radius 1 is 1.45 bits per heavy atom. The lowest BCUT2D eigenvalue weighted by atomic mass is 10.2. The van der Waals surface area contributed by atoms with Crippen LogP contribution in [0.5, 0.6) is 0 Å². The minimum Gasteiger partial charge on any atom is -0.443 e. The van der Waals surface area contributed by atoms with E-state index in [4.69, 9.17) is 16.3 Å². The van der Waals surface area contributed by atoms with Crippen molar-refractivity contribution < 1.29 is 9.53 Å². The van der Waals surface area contributed by atoms with Crippen LogP contribution in [-0.2, 0) is 17.7 Å². The summed E-state index contributed by atoms with van der Waals surface area (Å²) in [6.07, 6.45) is 2.51. The second-order valence-corrected chi connectivity index (χ2v) is 5.89. The molecule has 0 aliphatic carbocycles. The van der Waals surface area contributed by atoms with Gasteiger partial charge in [-0.25, -0.2) is 15.2 Å². The van der Waals surface area contributed by atoms with Gasteiger partial charge in [0.2, 0.25) is 0 Å². The number of hydrogen-bond donors (Lipinski definition) is 3. The standard InChI is InChI=1S/C13H23ClN4O2/c1-5-6-7-10-16-9(11(14)17-10)8-15-18-12(19)20-13(2,3)4/h15H,5-8H2,1-4H3,(H,16,17)(H,18,19). The maximum Gasteiger partial charge on any atom is 0.422 e. The van der Waals surface area contributed by atoms with E-state index in [-0.39, 0.29) is 0 Å². The van der Waals surface area contributed by atoms with Crippen LogP contribution in [0.3, 0.4) is 0 Å². The first-order chi connectivity index (χ1) is 9.31. The number of H-pyrrole nitrogens is 1. The number of hydrazine groups is 1. The Bertz CT molecular complexity index is 440. The summed E-state index contributed by atoms with van der Waals surface area (Å²) in [5.74, 6) is 0.867. The smallest absolute Gasteiger partial charge is 0.422 e. The van der Waals surface area contributed by atoms with Crippen molar-refractivity contribution in [1.82, 2.24) is 20.8 Å². The Hall–Kier alpha value is -1.27. The van der Waals surface area contributed by atoms with Crippen molar-refractivity contribution >= 4 is 17.7 Å². The molecular formula is C13H23ClN4O2. The van der Waals surface area contributed by atoms with Crippen molar-refractivity contribution in [3.05, 3.63) is 16.7 Å². The average molecular weight is 303 g/mol. The third-order valence-electron chi connectivity index (χ3n) is 2.40. The van der Waals surface area contributed by atoms with Crippen LogP contribution in [0.1, 0.15) is 52.1 Å². The van der Waals surface area contributed by atoms with Gasteiger partial charge in [-0.05, 0) is 27.2 Å². The highest BCUT2D eigenvalue weighted by atomic mass is 35.5. The zero-order chi connectivity index (χ0) is 15.2. The SMILES string of the molecule is CCCCc1nc(Cl)c(CNNC(=O)OC(C)(C)C)[nH]1. The van der Waals surface area contributed by atoms with Crippen LogP contribution in [0.4, 0.5) is 4.79 Å². The van der Waals surface area contributed by atoms with E-state index in [2.05, 4.69) is 27.7 Å². The molecule has 114 valence electrons. The van der Waals surface area contributed by atoms with Gasteiger partial charge in [0.1, 0.15) is 11.4 Å². The monoisotopic (exact) mass is 302 g/mol. The molecule has 0 aliphatic rings. The van der Waals surface area contributed by atoms with Gasteiger partial charge in [-0.15, -0.1) is 0 Å². The van der Waals surface area contributed by atoms with Crippen LogP contribution < -0.4 is 10.9 Å². The molecule has 1 aromatic rings. The molecule has 0 saturated carbocycles. The van der Waals surface area contributed by atoms with Crippen molar-refractivity contribution in [2.75, 3.05) is 0 Å². The number of ether oxygens (including phenoxy) is 1. The number of nitrogens with one attached hydrogen (secondary N) is 3. The van der Waals surface area contributed by atoms with Gasteiger partial charge in [-0.2, -0.15) is 0 Å². The summed E-state index contributed by atoms with van der Waals surface area (Å²) in [4.78, 5) is 18.8. The minimum absolute atomic E-state index is 0.358. The van der Waals surface area contributed by atoms with E-state index in [1.54, 1.807) is 20.8 Å². The predicted octanol–water partition coefficient (Wildman–Crippen LogP) is 2.94. The topological polar surface area (TPSA) is 79.0 Å². The highest BCUT2D eigenvalue weighted by Crippen LogP contribution is 2.13. The summed E-state index contributed by atoms with van der Waals surface area (Å²) in [6.45, 7) is 7.89. The lowest BCUT2D eigenvalue weighted by molar-refractivity contribution is 0.0497. The van der Waals surface area contributed by atoms with Gasteiger partial charge in [0.05, 0.1) is 12.2 Å². The van der Waals surface area contributed by atoms with Gasteiger partial charge in [0.25, 0.3) is 0 Å². The number of nitrogens with zero attached hydrogens (tertiary/aromatic N) is 1. The summed E-state index contributed by atoms with van der Waals surface area (Å²) in [5, 5.41) is 0.426. The maximum absolute atomic E-state index is 11.4. The first kappa shape index (κ1) is 16.8. The second-order valence-electron chi connectivity index (χ2n) is 5.54. The zero-order valence-electron chi connectivity index (χ0n) is 12.5. The predicted molar refractivity (Wildman–Crippen MR) is 78.4 cm³/mol. The molecule has 1 amide bonds. The molecule has 0 saturated heterocycles. The number of aryl methyl sites for hydroxylation is 1. The number of amides is 1. The molecular weight excluding hydrogens is 280 g/mol. The average Bonchev–Trinajstić information content (AvgIpc) is 2.65. The summed E-state index contributed by atoms with van der Waals surface area (Å²) >= 11 is 6.02. The minimum atomic E-state index is -0.528. The van der Waals surface area contributed by atoms with Crippen LogP contribution in [0.15, 0.2) is 0 Å². The number of carbonyl (C=O) groups excluding carboxylic acids is 1. The Kier molecular flexibility index (Phi) is 6.29. The second kappa shape index (κ2) is 7.50. The fourth-order valence-electron chi connectivity index (χ4n) is 1.53. The number of halogens is 1. The van der Waals surface area contributed by atoms with Gasteiger partial charge in [-0.3, -0.25) is 5.43 Å². The number of carbonyl (C=O) groups is 1. The van der Waals surface area contributed by atoms with Crippen LogP contribution in [-0.4, -0.2) is 21.7 Å². The summed E-state index contributed by atoms with van der Waals surface area (Å²) in [6, 6.07) is 0. The van der Waals surface area contributed by atoms with Crippen LogP contribution >= 0.6 is 11.6 Å². The maximum atomic E-state index is 11.4. The number of unbranched alkanes of at least 4 members (excludes halogenated alkanes) is 1. The Morgan fingerprint density at radius 3 is 2.75 bits per heavy atom. The zero-order valence-corrected chi connectivity index (χ0v) is 13.2. The van der Waals surface area contributed by atoms with Crippen LogP contribution in [0, 0.1) is 0 Å². The van der Waals surface area contributed by atoms with Crippen molar-refractivity contribution in [3.63, 3.8) is 0 Å². The first-order valence-electron chi connectivity index (χ1n) is 6.77. The quantitative estimate of drug-likeness (QED) is 0.706. The van der Waals surface area contributed by atoms with Crippen molar-refractivity contribution in [2.45, 2.75) is 59.1 Å². The van der Waals surface area contributed by atoms with E-state index in [1.807, 2.05) is 0 Å². The Labute approximate surface area is 124 Å². The Balaban J connectivity index is 2.38. The van der Waals surface area contributed by atoms with E-state index >= 15 is 0 Å². The molecule has 0 fully saturated rings. The lowest BCUT2D eigenvalue weighted by Gasteiger charge is -2.19. The summed E-state index contributed by atoms with van der Waals surface area (Å²) < 4.78 is 5.09. The fourth-order valence-corrected chi connectivity index (χ4v) is 1.74. The molecule has 0 bridgehead atoms. The largest absolute Gasteiger partial charge is 0.443 e. The molecule has 6 nitrogen and oxygen atoms in total. The van der Waals surface area contributed by atoms with E-state index in [1.165, 1.54) is 0 Å². The lowest BCUT2D eigenvalue weighted by Crippen LogP contribution is -2.40. The molecule has 1 rings (SSSR count).